The average molecular weight is 402 g/mol. The normalized spacial score (nSPS) is 22.9. The van der Waals surface area contributed by atoms with Gasteiger partial charge >= 0.3 is 5.97 Å². The summed E-state index contributed by atoms with van der Waals surface area (Å²) in [5, 5.41) is 5.78. The molecule has 1 heterocycles. The monoisotopic (exact) mass is 401 g/mol. The third-order valence-corrected chi connectivity index (χ3v) is 5.11. The van der Waals surface area contributed by atoms with Gasteiger partial charge in [0.25, 0.3) is 0 Å². The Bertz CT molecular complexity index is 532. The van der Waals surface area contributed by atoms with Gasteiger partial charge in [0, 0.05) is 45.4 Å². The highest BCUT2D eigenvalue weighted by atomic mass is 19.1. The van der Waals surface area contributed by atoms with Crippen LogP contribution in [0.4, 0.5) is 4.39 Å². The average Bonchev–Trinajstić information content (AvgIpc) is 2.95. The molecule has 0 aromatic carbocycles. The molecule has 2 amide bonds. The van der Waals surface area contributed by atoms with Crippen LogP contribution >= 0.6 is 0 Å². The highest BCUT2D eigenvalue weighted by Gasteiger charge is 2.40. The van der Waals surface area contributed by atoms with Crippen LogP contribution < -0.4 is 10.6 Å². The van der Waals surface area contributed by atoms with Gasteiger partial charge < -0.3 is 15.4 Å². The highest BCUT2D eigenvalue weighted by molar-refractivity contribution is 5.77. The van der Waals surface area contributed by atoms with Crippen molar-refractivity contribution in [1.29, 1.82) is 0 Å². The summed E-state index contributed by atoms with van der Waals surface area (Å²) in [4.78, 5) is 37.4. The van der Waals surface area contributed by atoms with Crippen LogP contribution in [0.15, 0.2) is 0 Å². The van der Waals surface area contributed by atoms with Crippen LogP contribution in [0.2, 0.25) is 0 Å². The van der Waals surface area contributed by atoms with Crippen molar-refractivity contribution in [1.82, 2.24) is 15.5 Å². The van der Waals surface area contributed by atoms with Gasteiger partial charge in [0.1, 0.15) is 6.04 Å². The second kappa shape index (κ2) is 12.0. The van der Waals surface area contributed by atoms with Crippen LogP contribution in [0.1, 0.15) is 66.7 Å². The van der Waals surface area contributed by atoms with Crippen molar-refractivity contribution in [2.75, 3.05) is 13.1 Å². The topological polar surface area (TPSA) is 87.7 Å². The first kappa shape index (κ1) is 24.3. The van der Waals surface area contributed by atoms with Crippen LogP contribution in [-0.2, 0) is 19.1 Å². The Labute approximate surface area is 167 Å². The van der Waals surface area contributed by atoms with Crippen molar-refractivity contribution in [3.63, 3.8) is 0 Å². The van der Waals surface area contributed by atoms with E-state index in [0.29, 0.717) is 25.9 Å². The number of alkyl halides is 1. The fourth-order valence-corrected chi connectivity index (χ4v) is 3.84. The first-order valence-electron chi connectivity index (χ1n) is 10.3. The minimum absolute atomic E-state index is 0.0528. The number of nitrogens with one attached hydrogen (secondary N) is 2. The third-order valence-electron chi connectivity index (χ3n) is 5.11. The zero-order valence-electron chi connectivity index (χ0n) is 17.8. The third kappa shape index (κ3) is 8.12. The predicted octanol–water partition coefficient (Wildman–Crippen LogP) is 2.15. The Kier molecular flexibility index (Phi) is 10.4. The second-order valence-electron chi connectivity index (χ2n) is 7.78. The standard InChI is InChI=1S/C20H36FN3O4/c1-6-8-16(13(3)22-14(4)25)11-24-12-17(23-15(5)26)10-18(24)20(27)28-19(21)9-7-2/h13,16-19H,6-12H2,1-5H3,(H,22,25)(H,23,26)/t13?,16?,17-,18-,19?/m1/s1. The lowest BCUT2D eigenvalue weighted by Crippen LogP contribution is -2.46. The van der Waals surface area contributed by atoms with Gasteiger partial charge in [0.2, 0.25) is 18.2 Å². The van der Waals surface area contributed by atoms with E-state index >= 15 is 0 Å². The van der Waals surface area contributed by atoms with E-state index in [1.807, 2.05) is 18.7 Å². The molecule has 0 aliphatic carbocycles. The quantitative estimate of drug-likeness (QED) is 0.518. The van der Waals surface area contributed by atoms with Gasteiger partial charge in [-0.2, -0.15) is 0 Å². The molecule has 0 aromatic rings. The molecule has 28 heavy (non-hydrogen) atoms. The summed E-state index contributed by atoms with van der Waals surface area (Å²) in [6.07, 6.45) is 1.37. The number of carbonyl (C=O) groups is 3. The van der Waals surface area contributed by atoms with Crippen molar-refractivity contribution in [2.45, 2.75) is 91.2 Å². The van der Waals surface area contributed by atoms with Crippen LogP contribution in [0.25, 0.3) is 0 Å². The van der Waals surface area contributed by atoms with Gasteiger partial charge in [-0.25, -0.2) is 4.39 Å². The molecule has 8 heteroatoms. The highest BCUT2D eigenvalue weighted by Crippen LogP contribution is 2.24. The maximum atomic E-state index is 13.8. The summed E-state index contributed by atoms with van der Waals surface area (Å²) in [5.74, 6) is -0.708. The van der Waals surface area contributed by atoms with E-state index in [1.165, 1.54) is 13.8 Å². The molecule has 162 valence electrons. The number of hydrogen-bond donors (Lipinski definition) is 2. The van der Waals surface area contributed by atoms with Crippen molar-refractivity contribution >= 4 is 17.8 Å². The molecule has 0 radical (unpaired) electrons. The molecular weight excluding hydrogens is 365 g/mol. The summed E-state index contributed by atoms with van der Waals surface area (Å²) in [7, 11) is 0. The molecule has 1 aliphatic heterocycles. The molecule has 0 aromatic heterocycles. The van der Waals surface area contributed by atoms with Gasteiger partial charge in [-0.15, -0.1) is 0 Å². The number of carbonyl (C=O) groups excluding carboxylic acids is 3. The van der Waals surface area contributed by atoms with Crippen LogP contribution in [0.3, 0.4) is 0 Å². The van der Waals surface area contributed by atoms with Gasteiger partial charge in [0.15, 0.2) is 0 Å². The lowest BCUT2D eigenvalue weighted by atomic mass is 9.95. The largest absolute Gasteiger partial charge is 0.430 e. The predicted molar refractivity (Wildman–Crippen MR) is 105 cm³/mol. The van der Waals surface area contributed by atoms with Crippen LogP contribution in [0, 0.1) is 5.92 Å². The molecule has 5 atom stereocenters. The Morgan fingerprint density at radius 3 is 2.32 bits per heavy atom. The maximum Gasteiger partial charge on any atom is 0.325 e. The number of nitrogens with zero attached hydrogens (tertiary/aromatic N) is 1. The number of ether oxygens (including phenoxy) is 1. The van der Waals surface area contributed by atoms with E-state index in [9.17, 15) is 18.8 Å². The van der Waals surface area contributed by atoms with Crippen LogP contribution in [0.5, 0.6) is 0 Å². The second-order valence-corrected chi connectivity index (χ2v) is 7.78. The van der Waals surface area contributed by atoms with E-state index in [0.717, 1.165) is 12.8 Å². The molecule has 0 saturated carbocycles. The molecule has 2 N–H and O–H groups in total. The number of rotatable bonds is 11. The number of likely N-dealkylation sites (tertiary alicyclic amines) is 1. The molecule has 0 spiro atoms. The zero-order valence-corrected chi connectivity index (χ0v) is 17.8. The summed E-state index contributed by atoms with van der Waals surface area (Å²) in [6.45, 7) is 9.84. The number of esters is 1. The number of halogens is 1. The summed E-state index contributed by atoms with van der Waals surface area (Å²) >= 11 is 0. The van der Waals surface area contributed by atoms with Crippen molar-refractivity contribution in [3.05, 3.63) is 0 Å². The zero-order chi connectivity index (χ0) is 21.3. The molecule has 1 fully saturated rings. The lowest BCUT2D eigenvalue weighted by Gasteiger charge is -2.31. The first-order valence-corrected chi connectivity index (χ1v) is 10.3. The minimum Gasteiger partial charge on any atom is -0.430 e. The van der Waals surface area contributed by atoms with E-state index in [4.69, 9.17) is 4.74 Å². The molecule has 1 rings (SSSR count). The molecule has 1 aliphatic rings. The molecule has 7 nitrogen and oxygen atoms in total. The lowest BCUT2D eigenvalue weighted by molar-refractivity contribution is -0.164. The number of amides is 2. The van der Waals surface area contributed by atoms with Crippen LogP contribution in [-0.4, -0.2) is 60.3 Å². The summed E-state index contributed by atoms with van der Waals surface area (Å²) in [6, 6.07) is -0.837. The Morgan fingerprint density at radius 2 is 1.79 bits per heavy atom. The fraction of sp³-hybridized carbons (Fsp3) is 0.850. The Morgan fingerprint density at radius 1 is 1.14 bits per heavy atom. The van der Waals surface area contributed by atoms with Gasteiger partial charge in [-0.1, -0.05) is 20.3 Å². The van der Waals surface area contributed by atoms with E-state index in [1.54, 1.807) is 0 Å². The van der Waals surface area contributed by atoms with Gasteiger partial charge in [-0.05, 0) is 32.1 Å². The SMILES string of the molecule is CCCC(F)OC(=O)[C@H]1C[C@@H](NC(C)=O)CN1CC(CCC)C(C)NC(C)=O. The van der Waals surface area contributed by atoms with Gasteiger partial charge in [0.05, 0.1) is 0 Å². The summed E-state index contributed by atoms with van der Waals surface area (Å²) < 4.78 is 18.8. The minimum atomic E-state index is -1.61. The number of hydrogen-bond acceptors (Lipinski definition) is 5. The molecular formula is C20H36FN3O4. The van der Waals surface area contributed by atoms with E-state index < -0.39 is 18.4 Å². The fourth-order valence-electron chi connectivity index (χ4n) is 3.84. The smallest absolute Gasteiger partial charge is 0.325 e. The van der Waals surface area contributed by atoms with Gasteiger partial charge in [-0.3, -0.25) is 19.3 Å². The van der Waals surface area contributed by atoms with E-state index in [-0.39, 0.29) is 36.2 Å². The maximum absolute atomic E-state index is 13.8. The van der Waals surface area contributed by atoms with Crippen molar-refractivity contribution in [2.24, 2.45) is 5.92 Å². The van der Waals surface area contributed by atoms with E-state index in [2.05, 4.69) is 17.6 Å². The Balaban J connectivity index is 2.88. The molecule has 1 saturated heterocycles. The summed E-state index contributed by atoms with van der Waals surface area (Å²) in [5.41, 5.74) is 0. The molecule has 3 unspecified atom stereocenters. The Hall–Kier alpha value is -1.70. The first-order chi connectivity index (χ1) is 13.2. The van der Waals surface area contributed by atoms with Crippen molar-refractivity contribution < 1.29 is 23.5 Å². The van der Waals surface area contributed by atoms with Crippen molar-refractivity contribution in [3.8, 4) is 0 Å². The molecule has 0 bridgehead atoms.